The lowest BCUT2D eigenvalue weighted by atomic mass is 10.1. The van der Waals surface area contributed by atoms with E-state index in [9.17, 15) is 4.79 Å². The highest BCUT2D eigenvalue weighted by atomic mass is 79.9. The van der Waals surface area contributed by atoms with E-state index in [1.165, 1.54) is 8.89 Å². The summed E-state index contributed by atoms with van der Waals surface area (Å²) in [5, 5.41) is 5.30. The van der Waals surface area contributed by atoms with Gasteiger partial charge in [0.1, 0.15) is 0 Å². The first-order valence-electron chi connectivity index (χ1n) is 6.93. The maximum absolute atomic E-state index is 12.5. The number of thiophene rings is 1. The van der Waals surface area contributed by atoms with Crippen molar-refractivity contribution < 1.29 is 0 Å². The van der Waals surface area contributed by atoms with Gasteiger partial charge in [-0.05, 0) is 58.2 Å². The molecule has 3 aromatic rings. The van der Waals surface area contributed by atoms with E-state index >= 15 is 0 Å². The van der Waals surface area contributed by atoms with Crippen molar-refractivity contribution in [1.82, 2.24) is 9.78 Å². The van der Waals surface area contributed by atoms with E-state index < -0.39 is 0 Å². The Morgan fingerprint density at radius 3 is 2.78 bits per heavy atom. The minimum atomic E-state index is -0.117. The number of halogens is 2. The average molecular weight is 426 g/mol. The van der Waals surface area contributed by atoms with E-state index in [0.717, 1.165) is 38.5 Å². The molecule has 4 rings (SSSR count). The van der Waals surface area contributed by atoms with Crippen LogP contribution < -0.4 is 5.56 Å². The highest BCUT2D eigenvalue weighted by Crippen LogP contribution is 2.43. The molecule has 0 radical (unpaired) electrons. The second-order valence-corrected chi connectivity index (χ2v) is 9.33. The summed E-state index contributed by atoms with van der Waals surface area (Å²) in [4.78, 5) is 12.5. The predicted molar refractivity (Wildman–Crippen MR) is 100 cm³/mol. The molecular formula is C16H10BrClN2OS2. The van der Waals surface area contributed by atoms with Crippen LogP contribution >= 0.6 is 50.6 Å². The fourth-order valence-corrected chi connectivity index (χ4v) is 5.90. The molecule has 3 heterocycles. The second-order valence-electron chi connectivity index (χ2n) is 5.09. The predicted octanol–water partition coefficient (Wildman–Crippen LogP) is 5.03. The molecule has 1 aromatic carbocycles. The summed E-state index contributed by atoms with van der Waals surface area (Å²) in [6, 6.07) is 10.9. The van der Waals surface area contributed by atoms with Crippen molar-refractivity contribution in [3.63, 3.8) is 0 Å². The standard InChI is InChI=1S/C16H10BrClN2OS2/c17-13-8-12-15-9(5-6-22-16(12)23-13)7-14(21)20(19-15)11-3-1-10(18)2-4-11/h1-4,7-8H,5-6H2. The van der Waals surface area contributed by atoms with Gasteiger partial charge in [0.05, 0.1) is 19.4 Å². The molecule has 1 aliphatic heterocycles. The number of fused-ring (bicyclic) bond motifs is 3. The van der Waals surface area contributed by atoms with E-state index in [-0.39, 0.29) is 5.56 Å². The zero-order valence-corrected chi connectivity index (χ0v) is 15.7. The van der Waals surface area contributed by atoms with Crippen LogP contribution in [-0.4, -0.2) is 15.5 Å². The van der Waals surface area contributed by atoms with Crippen molar-refractivity contribution in [3.05, 3.63) is 61.1 Å². The van der Waals surface area contributed by atoms with E-state index in [2.05, 4.69) is 27.1 Å². The van der Waals surface area contributed by atoms with Gasteiger partial charge >= 0.3 is 0 Å². The van der Waals surface area contributed by atoms with Gasteiger partial charge in [0.25, 0.3) is 5.56 Å². The van der Waals surface area contributed by atoms with E-state index in [1.54, 1.807) is 41.7 Å². The fraction of sp³-hybridized carbons (Fsp3) is 0.125. The summed E-state index contributed by atoms with van der Waals surface area (Å²) < 4.78 is 3.76. The third-order valence-electron chi connectivity index (χ3n) is 3.61. The lowest BCUT2D eigenvalue weighted by Crippen LogP contribution is -2.22. The third-order valence-corrected chi connectivity index (χ3v) is 6.79. The molecule has 1 aliphatic rings. The molecule has 0 unspecified atom stereocenters. The zero-order chi connectivity index (χ0) is 16.0. The number of aryl methyl sites for hydroxylation is 1. The maximum Gasteiger partial charge on any atom is 0.271 e. The van der Waals surface area contributed by atoms with Crippen molar-refractivity contribution in [2.45, 2.75) is 10.6 Å². The van der Waals surface area contributed by atoms with Crippen molar-refractivity contribution in [2.24, 2.45) is 0 Å². The highest BCUT2D eigenvalue weighted by molar-refractivity contribution is 9.11. The minimum Gasteiger partial charge on any atom is -0.267 e. The van der Waals surface area contributed by atoms with Gasteiger partial charge in [0.15, 0.2) is 0 Å². The maximum atomic E-state index is 12.5. The Hall–Kier alpha value is -1.08. The number of rotatable bonds is 1. The summed E-state index contributed by atoms with van der Waals surface area (Å²) >= 11 is 13.0. The number of aromatic nitrogens is 2. The number of hydrogen-bond acceptors (Lipinski definition) is 4. The quantitative estimate of drug-likeness (QED) is 0.549. The van der Waals surface area contributed by atoms with Gasteiger partial charge in [0.2, 0.25) is 0 Å². The molecule has 2 aromatic heterocycles. The largest absolute Gasteiger partial charge is 0.271 e. The molecule has 7 heteroatoms. The van der Waals surface area contributed by atoms with Gasteiger partial charge in [0, 0.05) is 22.4 Å². The Bertz CT molecular complexity index is 950. The Balaban J connectivity index is 1.94. The first kappa shape index (κ1) is 15.4. The Kier molecular flexibility index (Phi) is 4.09. The summed E-state index contributed by atoms with van der Waals surface area (Å²) in [6.45, 7) is 0. The van der Waals surface area contributed by atoms with Crippen molar-refractivity contribution >= 4 is 50.6 Å². The summed E-state index contributed by atoms with van der Waals surface area (Å²) in [5.41, 5.74) is 3.60. The molecule has 23 heavy (non-hydrogen) atoms. The lowest BCUT2D eigenvalue weighted by molar-refractivity contribution is 0.801. The van der Waals surface area contributed by atoms with Gasteiger partial charge in [-0.2, -0.15) is 9.78 Å². The summed E-state index contributed by atoms with van der Waals surface area (Å²) in [7, 11) is 0. The number of benzene rings is 1. The SMILES string of the molecule is O=c1cc2c(nn1-c1ccc(Cl)cc1)-c1cc(Br)sc1SCC2. The van der Waals surface area contributed by atoms with Crippen LogP contribution in [0.1, 0.15) is 5.56 Å². The molecule has 3 nitrogen and oxygen atoms in total. The summed E-state index contributed by atoms with van der Waals surface area (Å²) in [5.74, 6) is 0.957. The van der Waals surface area contributed by atoms with Crippen LogP contribution in [0.3, 0.4) is 0 Å². The van der Waals surface area contributed by atoms with Crippen LogP contribution in [0, 0.1) is 0 Å². The average Bonchev–Trinajstić information content (AvgIpc) is 2.81. The second kappa shape index (κ2) is 6.09. The van der Waals surface area contributed by atoms with Gasteiger partial charge in [-0.1, -0.05) is 11.6 Å². The van der Waals surface area contributed by atoms with Crippen molar-refractivity contribution in [1.29, 1.82) is 0 Å². The van der Waals surface area contributed by atoms with E-state index in [1.807, 2.05) is 11.8 Å². The normalized spacial score (nSPS) is 13.3. The van der Waals surface area contributed by atoms with Crippen LogP contribution in [0.25, 0.3) is 16.9 Å². The lowest BCUT2D eigenvalue weighted by Gasteiger charge is -2.10. The van der Waals surface area contributed by atoms with Crippen LogP contribution in [-0.2, 0) is 6.42 Å². The molecule has 0 saturated heterocycles. The Labute approximate surface area is 154 Å². The van der Waals surface area contributed by atoms with Crippen LogP contribution in [0.4, 0.5) is 0 Å². The zero-order valence-electron chi connectivity index (χ0n) is 11.8. The molecular weight excluding hydrogens is 416 g/mol. The van der Waals surface area contributed by atoms with Gasteiger partial charge in [-0.25, -0.2) is 0 Å². The highest BCUT2D eigenvalue weighted by Gasteiger charge is 2.21. The number of hydrogen-bond donors (Lipinski definition) is 0. The Morgan fingerprint density at radius 2 is 2.00 bits per heavy atom. The molecule has 0 N–H and O–H groups in total. The molecule has 0 aliphatic carbocycles. The van der Waals surface area contributed by atoms with E-state index in [4.69, 9.17) is 11.6 Å². The smallest absolute Gasteiger partial charge is 0.267 e. The third kappa shape index (κ3) is 2.89. The molecule has 0 amide bonds. The molecule has 0 spiro atoms. The topological polar surface area (TPSA) is 34.9 Å². The van der Waals surface area contributed by atoms with Crippen LogP contribution in [0.15, 0.2) is 49.2 Å². The van der Waals surface area contributed by atoms with Gasteiger partial charge in [-0.15, -0.1) is 23.1 Å². The monoisotopic (exact) mass is 424 g/mol. The fourth-order valence-electron chi connectivity index (χ4n) is 2.55. The van der Waals surface area contributed by atoms with Gasteiger partial charge in [-0.3, -0.25) is 4.79 Å². The summed E-state index contributed by atoms with van der Waals surface area (Å²) in [6.07, 6.45) is 0.850. The van der Waals surface area contributed by atoms with Crippen LogP contribution in [0.2, 0.25) is 5.02 Å². The molecule has 0 saturated carbocycles. The van der Waals surface area contributed by atoms with Crippen LogP contribution in [0.5, 0.6) is 0 Å². The first-order valence-corrected chi connectivity index (χ1v) is 9.91. The minimum absolute atomic E-state index is 0.117. The number of nitrogens with zero attached hydrogens (tertiary/aromatic N) is 2. The van der Waals surface area contributed by atoms with Crippen molar-refractivity contribution in [2.75, 3.05) is 5.75 Å². The first-order chi connectivity index (χ1) is 11.1. The van der Waals surface area contributed by atoms with E-state index in [0.29, 0.717) is 5.02 Å². The molecule has 0 atom stereocenters. The van der Waals surface area contributed by atoms with Crippen molar-refractivity contribution in [3.8, 4) is 16.9 Å². The molecule has 0 fully saturated rings. The molecule has 0 bridgehead atoms. The Morgan fingerprint density at radius 1 is 1.22 bits per heavy atom. The number of thioether (sulfide) groups is 1. The molecule has 116 valence electrons. The van der Waals surface area contributed by atoms with Gasteiger partial charge < -0.3 is 0 Å².